The summed E-state index contributed by atoms with van der Waals surface area (Å²) in [6.45, 7) is 3.50. The van der Waals surface area contributed by atoms with Crippen LogP contribution < -0.4 is 5.73 Å². The Balaban J connectivity index is 2.94. The van der Waals surface area contributed by atoms with Crippen LogP contribution >= 0.6 is 0 Å². The summed E-state index contributed by atoms with van der Waals surface area (Å²) in [6, 6.07) is 1.63. The number of rotatable bonds is 2. The lowest BCUT2D eigenvalue weighted by Gasteiger charge is -2.21. The van der Waals surface area contributed by atoms with Crippen LogP contribution in [-0.2, 0) is 0 Å². The maximum absolute atomic E-state index is 8.82. The molecule has 1 aromatic heterocycles. The van der Waals surface area contributed by atoms with E-state index >= 15 is 0 Å². The molecule has 0 fully saturated rings. The highest BCUT2D eigenvalue weighted by Gasteiger charge is 2.29. The Bertz CT molecular complexity index is 313. The molecular formula is C8H11N5. The Morgan fingerprint density at radius 1 is 1.46 bits per heavy atom. The SMILES string of the molecule is CC(C)(C#N)C(N)c1ncncn1. The van der Waals surface area contributed by atoms with Gasteiger partial charge in [0.1, 0.15) is 18.5 Å². The van der Waals surface area contributed by atoms with Gasteiger partial charge in [-0.15, -0.1) is 0 Å². The van der Waals surface area contributed by atoms with Gasteiger partial charge in [-0.05, 0) is 13.8 Å². The summed E-state index contributed by atoms with van der Waals surface area (Å²) >= 11 is 0. The first kappa shape index (κ1) is 9.55. The number of nitriles is 1. The van der Waals surface area contributed by atoms with Crippen LogP contribution in [0.5, 0.6) is 0 Å². The zero-order valence-electron chi connectivity index (χ0n) is 7.60. The maximum Gasteiger partial charge on any atom is 0.150 e. The third-order valence-corrected chi connectivity index (χ3v) is 1.86. The Morgan fingerprint density at radius 2 is 2.00 bits per heavy atom. The lowest BCUT2D eigenvalue weighted by atomic mass is 9.86. The van der Waals surface area contributed by atoms with Crippen molar-refractivity contribution in [3.8, 4) is 6.07 Å². The van der Waals surface area contributed by atoms with Crippen LogP contribution in [0.4, 0.5) is 0 Å². The lowest BCUT2D eigenvalue weighted by molar-refractivity contribution is 0.377. The van der Waals surface area contributed by atoms with Crippen molar-refractivity contribution in [2.75, 3.05) is 0 Å². The summed E-state index contributed by atoms with van der Waals surface area (Å²) in [5, 5.41) is 8.82. The molecule has 0 aliphatic rings. The first-order valence-corrected chi connectivity index (χ1v) is 3.86. The number of hydrogen-bond donors (Lipinski definition) is 1. The quantitative estimate of drug-likeness (QED) is 0.707. The minimum absolute atomic E-state index is 0.446. The van der Waals surface area contributed by atoms with Crippen molar-refractivity contribution in [1.82, 2.24) is 15.0 Å². The van der Waals surface area contributed by atoms with Crippen molar-refractivity contribution in [3.63, 3.8) is 0 Å². The second-order valence-electron chi connectivity index (χ2n) is 3.31. The average molecular weight is 177 g/mol. The van der Waals surface area contributed by atoms with Gasteiger partial charge in [-0.2, -0.15) is 5.26 Å². The molecule has 0 spiro atoms. The molecule has 0 aliphatic heterocycles. The van der Waals surface area contributed by atoms with Gasteiger partial charge in [0, 0.05) is 0 Å². The lowest BCUT2D eigenvalue weighted by Crippen LogP contribution is -2.29. The van der Waals surface area contributed by atoms with E-state index in [1.807, 2.05) is 0 Å². The van der Waals surface area contributed by atoms with E-state index in [4.69, 9.17) is 11.0 Å². The molecule has 0 aliphatic carbocycles. The standard InChI is InChI=1S/C8H11N5/c1-8(2,3-9)6(10)7-12-4-11-5-13-7/h4-6H,10H2,1-2H3. The van der Waals surface area contributed by atoms with Gasteiger partial charge in [0.15, 0.2) is 0 Å². The molecule has 5 nitrogen and oxygen atoms in total. The summed E-state index contributed by atoms with van der Waals surface area (Å²) in [5.41, 5.74) is 5.14. The van der Waals surface area contributed by atoms with Crippen molar-refractivity contribution in [1.29, 1.82) is 5.26 Å². The Morgan fingerprint density at radius 3 is 2.46 bits per heavy atom. The second kappa shape index (κ2) is 3.46. The predicted molar refractivity (Wildman–Crippen MR) is 46.1 cm³/mol. The fourth-order valence-corrected chi connectivity index (χ4v) is 0.801. The van der Waals surface area contributed by atoms with Gasteiger partial charge in [-0.25, -0.2) is 15.0 Å². The van der Waals surface area contributed by atoms with Crippen LogP contribution in [0.2, 0.25) is 0 Å². The minimum atomic E-state index is -0.665. The van der Waals surface area contributed by atoms with E-state index in [1.54, 1.807) is 13.8 Å². The predicted octanol–water partition coefficient (Wildman–Crippen LogP) is 0.421. The molecule has 0 amide bonds. The van der Waals surface area contributed by atoms with Crippen LogP contribution in [0.1, 0.15) is 25.7 Å². The molecule has 2 N–H and O–H groups in total. The van der Waals surface area contributed by atoms with E-state index in [1.165, 1.54) is 12.7 Å². The molecule has 0 saturated carbocycles. The molecule has 0 bridgehead atoms. The number of nitrogens with two attached hydrogens (primary N) is 1. The highest BCUT2D eigenvalue weighted by atomic mass is 15.0. The summed E-state index contributed by atoms with van der Waals surface area (Å²) in [6.07, 6.45) is 2.74. The summed E-state index contributed by atoms with van der Waals surface area (Å²) in [5.74, 6) is 0.446. The van der Waals surface area contributed by atoms with Crippen molar-refractivity contribution in [3.05, 3.63) is 18.5 Å². The second-order valence-corrected chi connectivity index (χ2v) is 3.31. The average Bonchev–Trinajstić information content (AvgIpc) is 2.18. The normalized spacial score (nSPS) is 13.4. The summed E-state index contributed by atoms with van der Waals surface area (Å²) in [7, 11) is 0. The van der Waals surface area contributed by atoms with E-state index < -0.39 is 11.5 Å². The first-order valence-electron chi connectivity index (χ1n) is 3.86. The Hall–Kier alpha value is -1.54. The Labute approximate surface area is 76.6 Å². The van der Waals surface area contributed by atoms with Crippen LogP contribution in [-0.4, -0.2) is 15.0 Å². The van der Waals surface area contributed by atoms with E-state index in [9.17, 15) is 0 Å². The highest BCUT2D eigenvalue weighted by Crippen LogP contribution is 2.27. The van der Waals surface area contributed by atoms with Crippen LogP contribution in [0.15, 0.2) is 12.7 Å². The van der Waals surface area contributed by atoms with Gasteiger partial charge in [-0.3, -0.25) is 0 Å². The van der Waals surface area contributed by atoms with Gasteiger partial charge < -0.3 is 5.73 Å². The maximum atomic E-state index is 8.82. The molecule has 68 valence electrons. The van der Waals surface area contributed by atoms with Gasteiger partial charge in [0.05, 0.1) is 17.5 Å². The fourth-order valence-electron chi connectivity index (χ4n) is 0.801. The third-order valence-electron chi connectivity index (χ3n) is 1.86. The third kappa shape index (κ3) is 1.98. The molecule has 0 saturated heterocycles. The van der Waals surface area contributed by atoms with Crippen LogP contribution in [0.3, 0.4) is 0 Å². The van der Waals surface area contributed by atoms with Gasteiger partial charge in [-0.1, -0.05) is 0 Å². The van der Waals surface area contributed by atoms with Gasteiger partial charge >= 0.3 is 0 Å². The molecule has 0 aromatic carbocycles. The molecule has 1 heterocycles. The van der Waals surface area contributed by atoms with Gasteiger partial charge in [0.25, 0.3) is 0 Å². The summed E-state index contributed by atoms with van der Waals surface area (Å²) < 4.78 is 0. The minimum Gasteiger partial charge on any atom is -0.320 e. The number of nitrogens with zero attached hydrogens (tertiary/aromatic N) is 4. The molecule has 1 aromatic rings. The van der Waals surface area contributed by atoms with E-state index in [-0.39, 0.29) is 0 Å². The van der Waals surface area contributed by atoms with Crippen molar-refractivity contribution in [2.24, 2.45) is 11.1 Å². The van der Waals surface area contributed by atoms with Crippen molar-refractivity contribution in [2.45, 2.75) is 19.9 Å². The van der Waals surface area contributed by atoms with E-state index in [0.717, 1.165) is 0 Å². The fraction of sp³-hybridized carbons (Fsp3) is 0.500. The largest absolute Gasteiger partial charge is 0.320 e. The Kier molecular flexibility index (Phi) is 2.54. The van der Waals surface area contributed by atoms with Crippen LogP contribution in [0, 0.1) is 16.7 Å². The molecule has 1 rings (SSSR count). The van der Waals surface area contributed by atoms with Crippen LogP contribution in [0.25, 0.3) is 0 Å². The first-order chi connectivity index (χ1) is 6.08. The zero-order chi connectivity index (χ0) is 9.90. The molecule has 1 atom stereocenters. The van der Waals surface area contributed by atoms with E-state index in [2.05, 4.69) is 21.0 Å². The molecular weight excluding hydrogens is 166 g/mol. The van der Waals surface area contributed by atoms with Gasteiger partial charge in [0.2, 0.25) is 0 Å². The molecule has 1 unspecified atom stereocenters. The number of aromatic nitrogens is 3. The zero-order valence-corrected chi connectivity index (χ0v) is 7.60. The molecule has 5 heteroatoms. The van der Waals surface area contributed by atoms with Crippen molar-refractivity contribution < 1.29 is 0 Å². The highest BCUT2D eigenvalue weighted by molar-refractivity contribution is 5.07. The van der Waals surface area contributed by atoms with E-state index in [0.29, 0.717) is 5.82 Å². The topological polar surface area (TPSA) is 88.5 Å². The monoisotopic (exact) mass is 177 g/mol. The van der Waals surface area contributed by atoms with Crippen molar-refractivity contribution >= 4 is 0 Å². The molecule has 0 radical (unpaired) electrons. The molecule has 13 heavy (non-hydrogen) atoms. The number of hydrogen-bond acceptors (Lipinski definition) is 5. The summed E-state index contributed by atoms with van der Waals surface area (Å²) in [4.78, 5) is 11.5. The smallest absolute Gasteiger partial charge is 0.150 e.